The molecule has 2 aliphatic carbocycles. The average Bonchev–Trinajstić information content (AvgIpc) is 2.66. The van der Waals surface area contributed by atoms with Gasteiger partial charge in [0, 0.05) is 31.5 Å². The molecule has 0 radical (unpaired) electrons. The molecule has 172 valence electrons. The van der Waals surface area contributed by atoms with Crippen LogP contribution in [-0.4, -0.2) is 31.5 Å². The summed E-state index contributed by atoms with van der Waals surface area (Å²) >= 11 is 22.4. The van der Waals surface area contributed by atoms with Gasteiger partial charge in [-0.25, -0.2) is 0 Å². The first-order valence-electron chi connectivity index (χ1n) is 11.9. The quantitative estimate of drug-likeness (QED) is 0.247. The normalized spacial score (nSPS) is 39.9. The molecule has 2 aliphatic rings. The maximum atomic E-state index is 5.11. The zero-order valence-corrected chi connectivity index (χ0v) is 23.9. The van der Waals surface area contributed by atoms with Crippen LogP contribution in [0.3, 0.4) is 0 Å². The van der Waals surface area contributed by atoms with Gasteiger partial charge in [0.1, 0.15) is 0 Å². The van der Waals surface area contributed by atoms with Gasteiger partial charge in [0.05, 0.1) is 0 Å². The van der Waals surface area contributed by atoms with E-state index >= 15 is 0 Å². The van der Waals surface area contributed by atoms with Gasteiger partial charge in [-0.2, -0.15) is 62.3 Å². The van der Waals surface area contributed by atoms with Crippen LogP contribution in [-0.2, 0) is 0 Å². The van der Waals surface area contributed by atoms with Crippen molar-refractivity contribution >= 4 is 62.3 Å². The summed E-state index contributed by atoms with van der Waals surface area (Å²) in [6.07, 6.45) is 10.6. The van der Waals surface area contributed by atoms with E-state index in [4.69, 9.17) is 50.5 Å². The van der Waals surface area contributed by atoms with Crippen molar-refractivity contribution in [1.82, 2.24) is 0 Å². The summed E-state index contributed by atoms with van der Waals surface area (Å²) in [7, 11) is 0. The van der Waals surface area contributed by atoms with Crippen molar-refractivity contribution in [3.63, 3.8) is 0 Å². The standard InChI is InChI=1S/C24H46S5/c1-15(25)21-11-7-9-13-23(21,17(3)27)19(5)29-20(6)24(18(4)28)14-10-8-12-22(24)16(2)26/h15-22,25-28H,7-14H2,1-6H3. The van der Waals surface area contributed by atoms with E-state index < -0.39 is 0 Å². The van der Waals surface area contributed by atoms with Crippen LogP contribution in [0.2, 0.25) is 0 Å². The molecule has 2 saturated carbocycles. The van der Waals surface area contributed by atoms with Gasteiger partial charge in [0.15, 0.2) is 0 Å². The first kappa shape index (κ1) is 27.0. The molecule has 0 aromatic carbocycles. The highest BCUT2D eigenvalue weighted by Gasteiger charge is 2.53. The first-order chi connectivity index (χ1) is 13.5. The van der Waals surface area contributed by atoms with Crippen LogP contribution in [0.4, 0.5) is 0 Å². The molecule has 5 heteroatoms. The van der Waals surface area contributed by atoms with Crippen molar-refractivity contribution in [2.45, 2.75) is 124 Å². The van der Waals surface area contributed by atoms with E-state index in [-0.39, 0.29) is 10.8 Å². The van der Waals surface area contributed by atoms with Crippen LogP contribution in [0.15, 0.2) is 0 Å². The zero-order chi connectivity index (χ0) is 22.0. The second-order valence-electron chi connectivity index (χ2n) is 10.2. The largest absolute Gasteiger partial charge is 0.176 e. The summed E-state index contributed by atoms with van der Waals surface area (Å²) < 4.78 is 0. The summed E-state index contributed by atoms with van der Waals surface area (Å²) in [6.45, 7) is 14.3. The van der Waals surface area contributed by atoms with Crippen LogP contribution in [0.5, 0.6) is 0 Å². The maximum absolute atomic E-state index is 5.11. The molecular weight excluding hydrogens is 449 g/mol. The third-order valence-corrected chi connectivity index (χ3v) is 12.1. The minimum absolute atomic E-state index is 0.263. The summed E-state index contributed by atoms with van der Waals surface area (Å²) in [4.78, 5) is 0. The third-order valence-electron chi connectivity index (χ3n) is 8.77. The molecule has 29 heavy (non-hydrogen) atoms. The minimum Gasteiger partial charge on any atom is -0.176 e. The van der Waals surface area contributed by atoms with Crippen molar-refractivity contribution in [3.05, 3.63) is 0 Å². The Labute approximate surface area is 208 Å². The Kier molecular flexibility index (Phi) is 10.5. The zero-order valence-electron chi connectivity index (χ0n) is 19.5. The highest BCUT2D eigenvalue weighted by molar-refractivity contribution is 8.00. The molecule has 10 unspecified atom stereocenters. The third kappa shape index (κ3) is 5.30. The van der Waals surface area contributed by atoms with E-state index in [1.165, 1.54) is 51.4 Å². The number of hydrogen-bond acceptors (Lipinski definition) is 5. The van der Waals surface area contributed by atoms with Gasteiger partial charge in [0.25, 0.3) is 0 Å². The summed E-state index contributed by atoms with van der Waals surface area (Å²) in [5, 5.41) is 2.81. The molecular formula is C24H46S5. The topological polar surface area (TPSA) is 0 Å². The Morgan fingerprint density at radius 2 is 0.966 bits per heavy atom. The second kappa shape index (κ2) is 11.3. The molecule has 0 heterocycles. The van der Waals surface area contributed by atoms with E-state index in [0.29, 0.717) is 43.3 Å². The molecule has 0 aromatic heterocycles. The van der Waals surface area contributed by atoms with E-state index in [1.54, 1.807) is 0 Å². The van der Waals surface area contributed by atoms with Crippen LogP contribution < -0.4 is 0 Å². The second-order valence-corrected chi connectivity index (χ2v) is 15.0. The summed E-state index contributed by atoms with van der Waals surface area (Å²) in [5.74, 6) is 1.30. The number of hydrogen-bond donors (Lipinski definition) is 4. The summed E-state index contributed by atoms with van der Waals surface area (Å²) in [5.41, 5.74) is 0.526. The lowest BCUT2D eigenvalue weighted by Gasteiger charge is -2.56. The number of thiol groups is 4. The summed E-state index contributed by atoms with van der Waals surface area (Å²) in [6, 6.07) is 0. The van der Waals surface area contributed by atoms with Crippen LogP contribution >= 0.6 is 62.3 Å². The molecule has 0 N–H and O–H groups in total. The van der Waals surface area contributed by atoms with Gasteiger partial charge in [-0.05, 0) is 48.3 Å². The van der Waals surface area contributed by atoms with Gasteiger partial charge in [-0.1, -0.05) is 67.2 Å². The van der Waals surface area contributed by atoms with E-state index in [0.717, 1.165) is 0 Å². The van der Waals surface area contributed by atoms with Crippen molar-refractivity contribution in [2.75, 3.05) is 0 Å². The molecule has 2 fully saturated rings. The average molecular weight is 495 g/mol. The molecule has 0 aromatic rings. The van der Waals surface area contributed by atoms with E-state index in [9.17, 15) is 0 Å². The first-order valence-corrected chi connectivity index (χ1v) is 14.9. The molecule has 0 amide bonds. The fourth-order valence-corrected chi connectivity index (χ4v) is 11.4. The maximum Gasteiger partial charge on any atom is 0.00915 e. The molecule has 0 saturated heterocycles. The lowest BCUT2D eigenvalue weighted by Crippen LogP contribution is -2.53. The van der Waals surface area contributed by atoms with Gasteiger partial charge in [-0.15, -0.1) is 0 Å². The highest BCUT2D eigenvalue weighted by atomic mass is 32.2. The van der Waals surface area contributed by atoms with E-state index in [2.05, 4.69) is 53.3 Å². The van der Waals surface area contributed by atoms with Gasteiger partial charge < -0.3 is 0 Å². The Balaban J connectivity index is 2.35. The predicted molar refractivity (Wildman–Crippen MR) is 149 cm³/mol. The SMILES string of the molecule is CC(S)C1CCCCC1(C(C)S)C(C)SC(C)C1(C(C)S)CCCCC1C(C)S. The predicted octanol–water partition coefficient (Wildman–Crippen LogP) is 8.12. The van der Waals surface area contributed by atoms with Crippen LogP contribution in [0, 0.1) is 22.7 Å². The van der Waals surface area contributed by atoms with E-state index in [1.807, 2.05) is 0 Å². The van der Waals surface area contributed by atoms with Crippen molar-refractivity contribution in [1.29, 1.82) is 0 Å². The Bertz CT molecular complexity index is 461. The fourth-order valence-electron chi connectivity index (χ4n) is 7.17. The fraction of sp³-hybridized carbons (Fsp3) is 1.00. The molecule has 0 nitrogen and oxygen atoms in total. The molecule has 0 spiro atoms. The molecule has 2 rings (SSSR count). The minimum atomic E-state index is 0.263. The Morgan fingerprint density at radius 3 is 1.24 bits per heavy atom. The number of rotatable bonds is 8. The molecule has 10 atom stereocenters. The van der Waals surface area contributed by atoms with Crippen molar-refractivity contribution < 1.29 is 0 Å². The molecule has 0 aliphatic heterocycles. The highest BCUT2D eigenvalue weighted by Crippen LogP contribution is 2.59. The smallest absolute Gasteiger partial charge is 0.00915 e. The Hall–Kier alpha value is 1.75. The van der Waals surface area contributed by atoms with Gasteiger partial charge in [-0.3, -0.25) is 0 Å². The van der Waals surface area contributed by atoms with Crippen molar-refractivity contribution in [2.24, 2.45) is 22.7 Å². The van der Waals surface area contributed by atoms with Gasteiger partial charge in [0.2, 0.25) is 0 Å². The lowest BCUT2D eigenvalue weighted by atomic mass is 9.61. The van der Waals surface area contributed by atoms with Crippen molar-refractivity contribution in [3.8, 4) is 0 Å². The number of thioether (sulfide) groups is 1. The monoisotopic (exact) mass is 494 g/mol. The Morgan fingerprint density at radius 1 is 0.621 bits per heavy atom. The van der Waals surface area contributed by atoms with Crippen LogP contribution in [0.1, 0.15) is 92.9 Å². The molecule has 0 bridgehead atoms. The van der Waals surface area contributed by atoms with Gasteiger partial charge >= 0.3 is 0 Å². The lowest BCUT2D eigenvalue weighted by molar-refractivity contribution is 0.0881. The van der Waals surface area contributed by atoms with Crippen LogP contribution in [0.25, 0.3) is 0 Å².